The molecule has 4 rings (SSSR count). The Balaban J connectivity index is 1.79. The second-order valence-corrected chi connectivity index (χ2v) is 5.71. The zero-order valence-corrected chi connectivity index (χ0v) is 10.8. The van der Waals surface area contributed by atoms with Crippen LogP contribution >= 0.6 is 0 Å². The van der Waals surface area contributed by atoms with Crippen LogP contribution in [0.15, 0.2) is 16.7 Å². The summed E-state index contributed by atoms with van der Waals surface area (Å²) in [5.41, 5.74) is 1.48. The molecular formula is C14H14N2O3. The minimum absolute atomic E-state index is 0.119. The number of amides is 2. The van der Waals surface area contributed by atoms with E-state index in [0.717, 1.165) is 12.0 Å². The van der Waals surface area contributed by atoms with Crippen molar-refractivity contribution in [3.63, 3.8) is 0 Å². The van der Waals surface area contributed by atoms with E-state index in [0.29, 0.717) is 11.6 Å². The number of fused-ring (bicyclic) bond motifs is 5. The van der Waals surface area contributed by atoms with Gasteiger partial charge in [0.1, 0.15) is 0 Å². The van der Waals surface area contributed by atoms with Gasteiger partial charge in [0.2, 0.25) is 17.7 Å². The van der Waals surface area contributed by atoms with E-state index < -0.39 is 0 Å². The van der Waals surface area contributed by atoms with Crippen molar-refractivity contribution in [1.29, 1.82) is 0 Å². The van der Waals surface area contributed by atoms with Crippen LogP contribution in [0.4, 0.5) is 5.88 Å². The van der Waals surface area contributed by atoms with Crippen molar-refractivity contribution in [3.05, 3.63) is 23.4 Å². The molecule has 1 aliphatic heterocycles. The maximum Gasteiger partial charge on any atom is 0.243 e. The molecule has 0 unspecified atom stereocenters. The third kappa shape index (κ3) is 1.18. The summed E-state index contributed by atoms with van der Waals surface area (Å²) < 4.78 is 5.19. The van der Waals surface area contributed by atoms with Crippen LogP contribution in [0.5, 0.6) is 0 Å². The van der Waals surface area contributed by atoms with Crippen LogP contribution in [0.25, 0.3) is 0 Å². The number of hydrogen-bond donors (Lipinski definition) is 0. The van der Waals surface area contributed by atoms with Crippen molar-refractivity contribution >= 4 is 17.7 Å². The number of carbonyl (C=O) groups is 2. The molecule has 0 N–H and O–H groups in total. The summed E-state index contributed by atoms with van der Waals surface area (Å²) in [6.45, 7) is 3.63. The van der Waals surface area contributed by atoms with Gasteiger partial charge in [-0.05, 0) is 32.1 Å². The van der Waals surface area contributed by atoms with Crippen molar-refractivity contribution in [3.8, 4) is 0 Å². The van der Waals surface area contributed by atoms with Crippen LogP contribution in [0.3, 0.4) is 0 Å². The fourth-order valence-electron chi connectivity index (χ4n) is 3.71. The average molecular weight is 258 g/mol. The molecule has 5 nitrogen and oxygen atoms in total. The SMILES string of the molecule is Cc1noc(N2C(=O)[C@H]3[C@H](C2=O)[C@H]2C=C[C@H]3C2)c1C. The smallest absolute Gasteiger partial charge is 0.243 e. The lowest BCUT2D eigenvalue weighted by atomic mass is 9.85. The van der Waals surface area contributed by atoms with E-state index in [4.69, 9.17) is 4.52 Å². The number of anilines is 1. The van der Waals surface area contributed by atoms with Gasteiger partial charge < -0.3 is 4.52 Å². The number of nitrogens with zero attached hydrogens (tertiary/aromatic N) is 2. The first kappa shape index (κ1) is 11.0. The van der Waals surface area contributed by atoms with Gasteiger partial charge >= 0.3 is 0 Å². The lowest BCUT2D eigenvalue weighted by Crippen LogP contribution is -2.33. The Morgan fingerprint density at radius 1 is 1.16 bits per heavy atom. The Kier molecular flexibility index (Phi) is 1.93. The molecule has 0 spiro atoms. The molecule has 2 heterocycles. The second kappa shape index (κ2) is 3.35. The number of imide groups is 1. The summed E-state index contributed by atoms with van der Waals surface area (Å²) >= 11 is 0. The van der Waals surface area contributed by atoms with Gasteiger partial charge in [0, 0.05) is 5.56 Å². The first-order valence-corrected chi connectivity index (χ1v) is 6.58. The maximum absolute atomic E-state index is 12.5. The molecule has 1 saturated heterocycles. The minimum atomic E-state index is -0.188. The Labute approximate surface area is 110 Å². The fourth-order valence-corrected chi connectivity index (χ4v) is 3.71. The van der Waals surface area contributed by atoms with Crippen LogP contribution in [-0.2, 0) is 9.59 Å². The average Bonchev–Trinajstić information content (AvgIpc) is 3.10. The van der Waals surface area contributed by atoms with Gasteiger partial charge in [-0.25, -0.2) is 4.90 Å². The summed E-state index contributed by atoms with van der Waals surface area (Å²) in [4.78, 5) is 26.3. The summed E-state index contributed by atoms with van der Waals surface area (Å²) in [6, 6.07) is 0. The zero-order chi connectivity index (χ0) is 13.3. The first-order valence-electron chi connectivity index (χ1n) is 6.58. The van der Waals surface area contributed by atoms with Gasteiger partial charge in [0.15, 0.2) is 0 Å². The number of aryl methyl sites for hydroxylation is 1. The van der Waals surface area contributed by atoms with Crippen LogP contribution in [0, 0.1) is 37.5 Å². The molecule has 2 amide bonds. The standard InChI is InChI=1S/C14H14N2O3/c1-6-7(2)15-19-14(6)16-12(17)10-8-3-4-9(5-8)11(10)13(16)18/h3-4,8-11H,5H2,1-2H3/t8-,9-,10+,11+/m0/s1. The molecule has 0 radical (unpaired) electrons. The Morgan fingerprint density at radius 2 is 1.74 bits per heavy atom. The van der Waals surface area contributed by atoms with Crippen LogP contribution in [0.2, 0.25) is 0 Å². The minimum Gasteiger partial charge on any atom is -0.337 e. The third-order valence-electron chi connectivity index (χ3n) is 4.81. The number of rotatable bonds is 1. The first-order chi connectivity index (χ1) is 9.09. The van der Waals surface area contributed by atoms with Crippen LogP contribution in [-0.4, -0.2) is 17.0 Å². The summed E-state index contributed by atoms with van der Waals surface area (Å²) in [7, 11) is 0. The highest BCUT2D eigenvalue weighted by atomic mass is 16.5. The second-order valence-electron chi connectivity index (χ2n) is 5.71. The highest BCUT2D eigenvalue weighted by molar-refractivity contribution is 6.22. The van der Waals surface area contributed by atoms with E-state index in [1.165, 1.54) is 4.90 Å². The van der Waals surface area contributed by atoms with Crippen LogP contribution < -0.4 is 4.90 Å². The quantitative estimate of drug-likeness (QED) is 0.567. The molecule has 1 aromatic heterocycles. The molecule has 0 aromatic carbocycles. The summed E-state index contributed by atoms with van der Waals surface area (Å²) in [5.74, 6) is 0.139. The number of carbonyl (C=O) groups excluding carboxylic acids is 2. The molecule has 1 saturated carbocycles. The Morgan fingerprint density at radius 3 is 2.21 bits per heavy atom. The van der Waals surface area contributed by atoms with Gasteiger partial charge in [-0.3, -0.25) is 9.59 Å². The van der Waals surface area contributed by atoms with Crippen LogP contribution in [0.1, 0.15) is 17.7 Å². The van der Waals surface area contributed by atoms with Crippen molar-refractivity contribution in [2.45, 2.75) is 20.3 Å². The van der Waals surface area contributed by atoms with Crippen molar-refractivity contribution < 1.29 is 14.1 Å². The topological polar surface area (TPSA) is 63.4 Å². The highest BCUT2D eigenvalue weighted by Gasteiger charge is 2.60. The van der Waals surface area contributed by atoms with E-state index in [2.05, 4.69) is 17.3 Å². The monoisotopic (exact) mass is 258 g/mol. The van der Waals surface area contributed by atoms with E-state index in [1.807, 2.05) is 6.92 Å². The summed E-state index contributed by atoms with van der Waals surface area (Å²) in [5, 5.41) is 3.84. The van der Waals surface area contributed by atoms with E-state index in [1.54, 1.807) is 6.92 Å². The molecule has 98 valence electrons. The molecule has 4 atom stereocenters. The number of aromatic nitrogens is 1. The lowest BCUT2D eigenvalue weighted by Gasteiger charge is -2.14. The van der Waals surface area contributed by atoms with E-state index in [9.17, 15) is 9.59 Å². The summed E-state index contributed by atoms with van der Waals surface area (Å²) in [6.07, 6.45) is 5.10. The lowest BCUT2D eigenvalue weighted by molar-refractivity contribution is -0.123. The Bertz CT molecular complexity index is 601. The normalized spacial score (nSPS) is 35.6. The van der Waals surface area contributed by atoms with Gasteiger partial charge in [-0.1, -0.05) is 17.3 Å². The van der Waals surface area contributed by atoms with Gasteiger partial charge in [0.25, 0.3) is 0 Å². The highest BCUT2D eigenvalue weighted by Crippen LogP contribution is 2.53. The Hall–Kier alpha value is -1.91. The van der Waals surface area contributed by atoms with Gasteiger partial charge in [-0.15, -0.1) is 0 Å². The fraction of sp³-hybridized carbons (Fsp3) is 0.500. The van der Waals surface area contributed by atoms with Gasteiger partial charge in [0.05, 0.1) is 17.5 Å². The van der Waals surface area contributed by atoms with Crippen molar-refractivity contribution in [1.82, 2.24) is 5.16 Å². The molecule has 19 heavy (non-hydrogen) atoms. The molecule has 2 fully saturated rings. The largest absolute Gasteiger partial charge is 0.337 e. The molecular weight excluding hydrogens is 244 g/mol. The predicted octanol–water partition coefficient (Wildman–Crippen LogP) is 1.60. The molecule has 2 bridgehead atoms. The number of hydrogen-bond acceptors (Lipinski definition) is 4. The molecule has 1 aromatic rings. The third-order valence-corrected chi connectivity index (χ3v) is 4.81. The molecule has 2 aliphatic carbocycles. The zero-order valence-electron chi connectivity index (χ0n) is 10.8. The predicted molar refractivity (Wildman–Crippen MR) is 66.2 cm³/mol. The van der Waals surface area contributed by atoms with Crippen molar-refractivity contribution in [2.24, 2.45) is 23.7 Å². The molecule has 3 aliphatic rings. The van der Waals surface area contributed by atoms with Crippen molar-refractivity contribution in [2.75, 3.05) is 4.90 Å². The van der Waals surface area contributed by atoms with E-state index in [-0.39, 0.29) is 35.5 Å². The molecule has 5 heteroatoms. The maximum atomic E-state index is 12.5. The number of allylic oxidation sites excluding steroid dienone is 2. The van der Waals surface area contributed by atoms with Gasteiger partial charge in [-0.2, -0.15) is 0 Å². The van der Waals surface area contributed by atoms with E-state index >= 15 is 0 Å².